The molecule has 0 aliphatic heterocycles. The minimum Gasteiger partial charge on any atom is -0.493 e. The predicted molar refractivity (Wildman–Crippen MR) is 67.3 cm³/mol. The first-order valence-corrected chi connectivity index (χ1v) is 5.90. The standard InChI is InChI=1S/C13H21NO3/c1-4-8-17-12-9-10(13(14)16-5-2)6-7-11(12)15-3/h6-7,9,13H,4-5,8,14H2,1-3H3. The van der Waals surface area contributed by atoms with E-state index in [0.717, 1.165) is 12.0 Å². The van der Waals surface area contributed by atoms with Crippen molar-refractivity contribution in [1.29, 1.82) is 0 Å². The Morgan fingerprint density at radius 3 is 2.59 bits per heavy atom. The van der Waals surface area contributed by atoms with Gasteiger partial charge >= 0.3 is 0 Å². The van der Waals surface area contributed by atoms with Crippen molar-refractivity contribution in [1.82, 2.24) is 0 Å². The van der Waals surface area contributed by atoms with Crippen LogP contribution in [0, 0.1) is 0 Å². The molecule has 0 radical (unpaired) electrons. The summed E-state index contributed by atoms with van der Waals surface area (Å²) < 4.78 is 16.2. The average molecular weight is 239 g/mol. The largest absolute Gasteiger partial charge is 0.493 e. The third-order valence-electron chi connectivity index (χ3n) is 2.32. The highest BCUT2D eigenvalue weighted by molar-refractivity contribution is 5.43. The molecule has 0 bridgehead atoms. The van der Waals surface area contributed by atoms with Gasteiger partial charge in [-0.2, -0.15) is 0 Å². The molecule has 96 valence electrons. The Labute approximate surface area is 103 Å². The zero-order valence-corrected chi connectivity index (χ0v) is 10.7. The van der Waals surface area contributed by atoms with Crippen molar-refractivity contribution in [3.63, 3.8) is 0 Å². The Bertz CT molecular complexity index is 341. The van der Waals surface area contributed by atoms with Crippen LogP contribution in [-0.2, 0) is 4.74 Å². The van der Waals surface area contributed by atoms with E-state index >= 15 is 0 Å². The highest BCUT2D eigenvalue weighted by Gasteiger charge is 2.10. The van der Waals surface area contributed by atoms with Gasteiger partial charge in [0.25, 0.3) is 0 Å². The lowest BCUT2D eigenvalue weighted by Crippen LogP contribution is -2.14. The van der Waals surface area contributed by atoms with Crippen LogP contribution in [0.3, 0.4) is 0 Å². The summed E-state index contributed by atoms with van der Waals surface area (Å²) in [7, 11) is 1.62. The highest BCUT2D eigenvalue weighted by atomic mass is 16.5. The molecule has 1 aromatic rings. The maximum atomic E-state index is 5.88. The summed E-state index contributed by atoms with van der Waals surface area (Å²) in [5.74, 6) is 1.42. The van der Waals surface area contributed by atoms with Gasteiger partial charge in [-0.1, -0.05) is 13.0 Å². The molecule has 0 saturated carbocycles. The molecule has 1 atom stereocenters. The molecule has 0 spiro atoms. The van der Waals surface area contributed by atoms with Gasteiger partial charge in [-0.25, -0.2) is 0 Å². The first kappa shape index (κ1) is 13.8. The molecular formula is C13H21NO3. The molecule has 0 aliphatic carbocycles. The first-order chi connectivity index (χ1) is 8.22. The van der Waals surface area contributed by atoms with Gasteiger partial charge < -0.3 is 19.9 Å². The van der Waals surface area contributed by atoms with Crippen molar-refractivity contribution in [3.8, 4) is 11.5 Å². The molecule has 0 fully saturated rings. The average Bonchev–Trinajstić information content (AvgIpc) is 2.36. The number of benzene rings is 1. The zero-order chi connectivity index (χ0) is 12.7. The molecule has 0 amide bonds. The molecule has 0 saturated heterocycles. The summed E-state index contributed by atoms with van der Waals surface area (Å²) in [6, 6.07) is 5.60. The van der Waals surface area contributed by atoms with Crippen molar-refractivity contribution in [2.45, 2.75) is 26.5 Å². The summed E-state index contributed by atoms with van der Waals surface area (Å²) in [6.07, 6.45) is 0.528. The fourth-order valence-electron chi connectivity index (χ4n) is 1.47. The van der Waals surface area contributed by atoms with Crippen LogP contribution in [0.1, 0.15) is 32.1 Å². The monoisotopic (exact) mass is 239 g/mol. The van der Waals surface area contributed by atoms with Crippen molar-refractivity contribution in [3.05, 3.63) is 23.8 Å². The van der Waals surface area contributed by atoms with Crippen molar-refractivity contribution in [2.24, 2.45) is 5.73 Å². The molecule has 0 heterocycles. The summed E-state index contributed by atoms with van der Waals surface area (Å²) in [5.41, 5.74) is 6.76. The summed E-state index contributed by atoms with van der Waals surface area (Å²) >= 11 is 0. The van der Waals surface area contributed by atoms with E-state index in [1.54, 1.807) is 7.11 Å². The molecule has 4 heteroatoms. The Hall–Kier alpha value is -1.26. The molecule has 2 N–H and O–H groups in total. The molecular weight excluding hydrogens is 218 g/mol. The fourth-order valence-corrected chi connectivity index (χ4v) is 1.47. The summed E-state index contributed by atoms with van der Waals surface area (Å²) in [5, 5.41) is 0. The lowest BCUT2D eigenvalue weighted by molar-refractivity contribution is 0.0672. The van der Waals surface area contributed by atoms with Crippen molar-refractivity contribution >= 4 is 0 Å². The van der Waals surface area contributed by atoms with Crippen molar-refractivity contribution < 1.29 is 14.2 Å². The van der Waals surface area contributed by atoms with Gasteiger partial charge in [0, 0.05) is 6.61 Å². The molecule has 1 rings (SSSR count). The van der Waals surface area contributed by atoms with Crippen LogP contribution in [0.25, 0.3) is 0 Å². The normalized spacial score (nSPS) is 12.2. The molecule has 1 aromatic carbocycles. The second-order valence-electron chi connectivity index (χ2n) is 3.63. The van der Waals surface area contributed by atoms with E-state index in [-0.39, 0.29) is 0 Å². The van der Waals surface area contributed by atoms with E-state index in [4.69, 9.17) is 19.9 Å². The minimum absolute atomic E-state index is 0.421. The molecule has 0 aromatic heterocycles. The maximum absolute atomic E-state index is 5.88. The van der Waals surface area contributed by atoms with E-state index in [2.05, 4.69) is 6.92 Å². The molecule has 1 unspecified atom stereocenters. The van der Waals surface area contributed by atoms with E-state index in [9.17, 15) is 0 Å². The lowest BCUT2D eigenvalue weighted by atomic mass is 10.2. The third-order valence-corrected chi connectivity index (χ3v) is 2.32. The van der Waals surface area contributed by atoms with Crippen LogP contribution in [-0.4, -0.2) is 20.3 Å². The SMILES string of the molecule is CCCOc1cc(C(N)OCC)ccc1OC. The number of methoxy groups -OCH3 is 1. The zero-order valence-electron chi connectivity index (χ0n) is 10.7. The van der Waals surface area contributed by atoms with Crippen LogP contribution in [0.5, 0.6) is 11.5 Å². The quantitative estimate of drug-likeness (QED) is 0.743. The maximum Gasteiger partial charge on any atom is 0.161 e. The molecule has 4 nitrogen and oxygen atoms in total. The predicted octanol–water partition coefficient (Wildman–Crippen LogP) is 2.48. The molecule has 0 aliphatic rings. The Kier molecular flexibility index (Phi) is 5.80. The topological polar surface area (TPSA) is 53.7 Å². The van der Waals surface area contributed by atoms with Gasteiger partial charge in [-0.05, 0) is 31.0 Å². The number of ether oxygens (including phenoxy) is 3. The van der Waals surface area contributed by atoms with E-state index < -0.39 is 6.23 Å². The van der Waals surface area contributed by atoms with Crippen molar-refractivity contribution in [2.75, 3.05) is 20.3 Å². The van der Waals surface area contributed by atoms with Gasteiger partial charge in [0.05, 0.1) is 13.7 Å². The van der Waals surface area contributed by atoms with E-state index in [1.165, 1.54) is 0 Å². The minimum atomic E-state index is -0.421. The van der Waals surface area contributed by atoms with Gasteiger partial charge in [-0.15, -0.1) is 0 Å². The lowest BCUT2D eigenvalue weighted by Gasteiger charge is -2.15. The summed E-state index contributed by atoms with van der Waals surface area (Å²) in [6.45, 7) is 5.21. The third kappa shape index (κ3) is 3.91. The van der Waals surface area contributed by atoms with Crippen LogP contribution in [0.4, 0.5) is 0 Å². The summed E-state index contributed by atoms with van der Waals surface area (Å²) in [4.78, 5) is 0. The van der Waals surface area contributed by atoms with Gasteiger partial charge in [0.1, 0.15) is 6.23 Å². The highest BCUT2D eigenvalue weighted by Crippen LogP contribution is 2.30. The van der Waals surface area contributed by atoms with Gasteiger partial charge in [0.2, 0.25) is 0 Å². The molecule has 17 heavy (non-hydrogen) atoms. The van der Waals surface area contributed by atoms with Crippen LogP contribution in [0.2, 0.25) is 0 Å². The Morgan fingerprint density at radius 1 is 1.24 bits per heavy atom. The second-order valence-corrected chi connectivity index (χ2v) is 3.63. The number of hydrogen-bond acceptors (Lipinski definition) is 4. The smallest absolute Gasteiger partial charge is 0.161 e. The first-order valence-electron chi connectivity index (χ1n) is 5.90. The van der Waals surface area contributed by atoms with Crippen LogP contribution in [0.15, 0.2) is 18.2 Å². The van der Waals surface area contributed by atoms with Crippen LogP contribution < -0.4 is 15.2 Å². The van der Waals surface area contributed by atoms with Crippen LogP contribution >= 0.6 is 0 Å². The Morgan fingerprint density at radius 2 is 2.00 bits per heavy atom. The van der Waals surface area contributed by atoms with Gasteiger partial charge in [-0.3, -0.25) is 0 Å². The number of hydrogen-bond donors (Lipinski definition) is 1. The second kappa shape index (κ2) is 7.14. The number of nitrogens with two attached hydrogens (primary N) is 1. The fraction of sp³-hybridized carbons (Fsp3) is 0.538. The van der Waals surface area contributed by atoms with E-state index in [1.807, 2.05) is 25.1 Å². The van der Waals surface area contributed by atoms with Gasteiger partial charge in [0.15, 0.2) is 11.5 Å². The number of rotatable bonds is 7. The van der Waals surface area contributed by atoms with E-state index in [0.29, 0.717) is 24.7 Å². The Balaban J connectivity index is 2.87.